The fourth-order valence-electron chi connectivity index (χ4n) is 1.50. The van der Waals surface area contributed by atoms with Gasteiger partial charge in [-0.25, -0.2) is 0 Å². The second-order valence-electron chi connectivity index (χ2n) is 3.25. The van der Waals surface area contributed by atoms with Crippen molar-refractivity contribution in [3.8, 4) is 0 Å². The average Bonchev–Trinajstić information content (AvgIpc) is 2.09. The van der Waals surface area contributed by atoms with Crippen LogP contribution in [0, 0.1) is 6.92 Å². The van der Waals surface area contributed by atoms with Crippen LogP contribution in [0.3, 0.4) is 0 Å². The van der Waals surface area contributed by atoms with E-state index in [1.807, 2.05) is 13.0 Å². The predicted molar refractivity (Wildman–Crippen MR) is 53.6 cm³/mol. The van der Waals surface area contributed by atoms with Crippen molar-refractivity contribution in [2.24, 2.45) is 0 Å². The monoisotopic (exact) mass is 195 g/mol. The summed E-state index contributed by atoms with van der Waals surface area (Å²) in [5.74, 6) is 0.177. The average molecular weight is 196 g/mol. The summed E-state index contributed by atoms with van der Waals surface area (Å²) in [5.41, 5.74) is 2.64. The fourth-order valence-corrected chi connectivity index (χ4v) is 1.67. The second kappa shape index (κ2) is 3.04. The Hall–Kier alpha value is -1.02. The Bertz CT molecular complexity index is 373. The van der Waals surface area contributed by atoms with Crippen LogP contribution in [0.5, 0.6) is 0 Å². The van der Waals surface area contributed by atoms with Crippen LogP contribution in [-0.4, -0.2) is 12.3 Å². The number of hydrogen-bond donors (Lipinski definition) is 1. The van der Waals surface area contributed by atoms with Crippen LogP contribution in [0.1, 0.15) is 22.3 Å². The molecule has 1 N–H and O–H groups in total. The molecule has 0 amide bonds. The van der Waals surface area contributed by atoms with Gasteiger partial charge in [0.15, 0.2) is 5.78 Å². The van der Waals surface area contributed by atoms with E-state index in [4.69, 9.17) is 11.6 Å². The van der Waals surface area contributed by atoms with Crippen LogP contribution in [0.15, 0.2) is 12.1 Å². The zero-order valence-corrected chi connectivity index (χ0v) is 8.11. The van der Waals surface area contributed by atoms with Crippen LogP contribution in [0.4, 0.5) is 5.69 Å². The quantitative estimate of drug-likeness (QED) is 0.690. The van der Waals surface area contributed by atoms with Gasteiger partial charge in [-0.2, -0.15) is 0 Å². The molecule has 1 heterocycles. The number of anilines is 1. The molecular formula is C10H10ClNO. The van der Waals surface area contributed by atoms with Gasteiger partial charge >= 0.3 is 0 Å². The maximum absolute atomic E-state index is 11.5. The number of carbonyl (C=O) groups excluding carboxylic acids is 1. The highest BCUT2D eigenvalue weighted by atomic mass is 35.5. The maximum atomic E-state index is 11.5. The molecular weight excluding hydrogens is 186 g/mol. The molecule has 1 aromatic rings. The number of hydrogen-bond acceptors (Lipinski definition) is 2. The van der Waals surface area contributed by atoms with Crippen molar-refractivity contribution in [1.29, 1.82) is 0 Å². The van der Waals surface area contributed by atoms with Gasteiger partial charge in [0.2, 0.25) is 0 Å². The molecule has 0 spiro atoms. The summed E-state index contributed by atoms with van der Waals surface area (Å²) in [6.07, 6.45) is 0.562. The molecule has 0 unspecified atom stereocenters. The molecule has 0 fully saturated rings. The molecule has 1 aliphatic heterocycles. The van der Waals surface area contributed by atoms with Crippen molar-refractivity contribution >= 4 is 23.1 Å². The molecule has 2 nitrogen and oxygen atoms in total. The Morgan fingerprint density at radius 2 is 2.23 bits per heavy atom. The van der Waals surface area contributed by atoms with Gasteiger partial charge in [0, 0.05) is 29.2 Å². The topological polar surface area (TPSA) is 29.1 Å². The molecule has 1 aromatic carbocycles. The SMILES string of the molecule is Cc1cc2c(cc1Cl)C(=O)CCN2. The first-order valence-electron chi connectivity index (χ1n) is 4.25. The second-order valence-corrected chi connectivity index (χ2v) is 3.65. The smallest absolute Gasteiger partial charge is 0.166 e. The lowest BCUT2D eigenvalue weighted by Gasteiger charge is -2.17. The Morgan fingerprint density at radius 3 is 3.00 bits per heavy atom. The molecule has 68 valence electrons. The first-order chi connectivity index (χ1) is 6.18. The summed E-state index contributed by atoms with van der Waals surface area (Å²) < 4.78 is 0. The summed E-state index contributed by atoms with van der Waals surface area (Å²) in [7, 11) is 0. The first kappa shape index (κ1) is 8.57. The lowest BCUT2D eigenvalue weighted by Crippen LogP contribution is -2.17. The van der Waals surface area contributed by atoms with Crippen molar-refractivity contribution in [2.75, 3.05) is 11.9 Å². The summed E-state index contributed by atoms with van der Waals surface area (Å²) in [6.45, 7) is 2.66. The molecule has 13 heavy (non-hydrogen) atoms. The van der Waals surface area contributed by atoms with E-state index >= 15 is 0 Å². The highest BCUT2D eigenvalue weighted by Crippen LogP contribution is 2.28. The summed E-state index contributed by atoms with van der Waals surface area (Å²) in [5, 5.41) is 3.84. The normalized spacial score (nSPS) is 15.1. The van der Waals surface area contributed by atoms with Crippen molar-refractivity contribution in [1.82, 2.24) is 0 Å². The van der Waals surface area contributed by atoms with E-state index in [9.17, 15) is 4.79 Å². The van der Waals surface area contributed by atoms with E-state index in [2.05, 4.69) is 5.32 Å². The Labute approximate surface area is 81.9 Å². The van der Waals surface area contributed by atoms with Crippen LogP contribution < -0.4 is 5.32 Å². The molecule has 0 saturated carbocycles. The third kappa shape index (κ3) is 1.42. The van der Waals surface area contributed by atoms with Gasteiger partial charge in [-0.1, -0.05) is 11.6 Å². The lowest BCUT2D eigenvalue weighted by atomic mass is 10.0. The maximum Gasteiger partial charge on any atom is 0.166 e. The van der Waals surface area contributed by atoms with Crippen molar-refractivity contribution in [3.63, 3.8) is 0 Å². The largest absolute Gasteiger partial charge is 0.384 e. The molecule has 0 saturated heterocycles. The van der Waals surface area contributed by atoms with Gasteiger partial charge in [-0.05, 0) is 24.6 Å². The Balaban J connectivity index is 2.58. The van der Waals surface area contributed by atoms with Gasteiger partial charge in [0.1, 0.15) is 0 Å². The van der Waals surface area contributed by atoms with Crippen LogP contribution in [-0.2, 0) is 0 Å². The molecule has 0 bridgehead atoms. The highest BCUT2D eigenvalue weighted by Gasteiger charge is 2.17. The molecule has 3 heteroatoms. The third-order valence-electron chi connectivity index (χ3n) is 2.27. The minimum atomic E-state index is 0.177. The van der Waals surface area contributed by atoms with Crippen molar-refractivity contribution in [2.45, 2.75) is 13.3 Å². The van der Waals surface area contributed by atoms with E-state index in [1.54, 1.807) is 6.07 Å². The summed E-state index contributed by atoms with van der Waals surface area (Å²) in [6, 6.07) is 3.68. The number of nitrogens with one attached hydrogen (secondary N) is 1. The lowest BCUT2D eigenvalue weighted by molar-refractivity contribution is 0.0984. The molecule has 0 aliphatic carbocycles. The predicted octanol–water partition coefficient (Wildman–Crippen LogP) is 2.65. The standard InChI is InChI=1S/C10H10ClNO/c1-6-4-9-7(5-8(6)11)10(13)2-3-12-9/h4-5,12H,2-3H2,1H3. The van der Waals surface area contributed by atoms with Gasteiger partial charge in [0.05, 0.1) is 0 Å². The first-order valence-corrected chi connectivity index (χ1v) is 4.63. The number of ketones is 1. The van der Waals surface area contributed by atoms with Crippen molar-refractivity contribution in [3.05, 3.63) is 28.3 Å². The Kier molecular flexibility index (Phi) is 2.00. The minimum Gasteiger partial charge on any atom is -0.384 e. The highest BCUT2D eigenvalue weighted by molar-refractivity contribution is 6.32. The zero-order valence-electron chi connectivity index (χ0n) is 7.36. The van der Waals surface area contributed by atoms with Gasteiger partial charge in [-0.3, -0.25) is 4.79 Å². The van der Waals surface area contributed by atoms with E-state index in [1.165, 1.54) is 0 Å². The number of rotatable bonds is 0. The third-order valence-corrected chi connectivity index (χ3v) is 2.67. The molecule has 1 aliphatic rings. The Morgan fingerprint density at radius 1 is 1.46 bits per heavy atom. The van der Waals surface area contributed by atoms with Gasteiger partial charge < -0.3 is 5.32 Å². The number of halogens is 1. The van der Waals surface area contributed by atoms with Crippen LogP contribution >= 0.6 is 11.6 Å². The molecule has 2 rings (SSSR count). The van der Waals surface area contributed by atoms with Crippen molar-refractivity contribution < 1.29 is 4.79 Å². The number of Topliss-reactive ketones (excluding diaryl/α,β-unsaturated/α-hetero) is 1. The molecule has 0 aromatic heterocycles. The number of benzene rings is 1. The molecule has 0 radical (unpaired) electrons. The minimum absolute atomic E-state index is 0.177. The fraction of sp³-hybridized carbons (Fsp3) is 0.300. The van der Waals surface area contributed by atoms with Crippen LogP contribution in [0.25, 0.3) is 0 Å². The van der Waals surface area contributed by atoms with Gasteiger partial charge in [-0.15, -0.1) is 0 Å². The van der Waals surface area contributed by atoms with Gasteiger partial charge in [0.25, 0.3) is 0 Å². The van der Waals surface area contributed by atoms with E-state index in [0.717, 1.165) is 23.4 Å². The number of carbonyl (C=O) groups is 1. The summed E-state index contributed by atoms with van der Waals surface area (Å²) in [4.78, 5) is 11.5. The van der Waals surface area contributed by atoms with E-state index in [0.29, 0.717) is 11.4 Å². The molecule has 0 atom stereocenters. The van der Waals surface area contributed by atoms with E-state index < -0.39 is 0 Å². The number of aryl methyl sites for hydroxylation is 1. The summed E-state index contributed by atoms with van der Waals surface area (Å²) >= 11 is 5.93. The van der Waals surface area contributed by atoms with E-state index in [-0.39, 0.29) is 5.78 Å². The zero-order chi connectivity index (χ0) is 9.42. The number of fused-ring (bicyclic) bond motifs is 1. The van der Waals surface area contributed by atoms with Crippen LogP contribution in [0.2, 0.25) is 5.02 Å².